The SMILES string of the molecule is OC(=C(Cl)c1nc2ccccc2[nH]1)C(Cl)Cl. The van der Waals surface area contributed by atoms with E-state index in [9.17, 15) is 5.11 Å². The summed E-state index contributed by atoms with van der Waals surface area (Å²) in [5.74, 6) is 0.0238. The van der Waals surface area contributed by atoms with E-state index in [4.69, 9.17) is 34.8 Å². The number of nitrogens with one attached hydrogen (secondary N) is 1. The van der Waals surface area contributed by atoms with Gasteiger partial charge in [-0.3, -0.25) is 0 Å². The number of rotatable bonds is 2. The van der Waals surface area contributed by atoms with Crippen LogP contribution in [0, 0.1) is 0 Å². The molecule has 3 nitrogen and oxygen atoms in total. The van der Waals surface area contributed by atoms with Crippen LogP contribution in [0.25, 0.3) is 16.1 Å². The molecule has 2 N–H and O–H groups in total. The zero-order chi connectivity index (χ0) is 11.7. The molecule has 2 rings (SSSR count). The number of aliphatic hydroxyl groups excluding tert-OH is 1. The van der Waals surface area contributed by atoms with Crippen molar-refractivity contribution >= 4 is 50.9 Å². The number of benzene rings is 1. The Morgan fingerprint density at radius 3 is 2.62 bits per heavy atom. The fourth-order valence-electron chi connectivity index (χ4n) is 1.27. The third-order valence-electron chi connectivity index (χ3n) is 2.03. The fourth-order valence-corrected chi connectivity index (χ4v) is 1.80. The molecule has 16 heavy (non-hydrogen) atoms. The van der Waals surface area contributed by atoms with Gasteiger partial charge in [0.1, 0.15) is 10.8 Å². The van der Waals surface area contributed by atoms with Crippen molar-refractivity contribution in [2.75, 3.05) is 0 Å². The molecule has 0 fully saturated rings. The maximum atomic E-state index is 9.50. The maximum Gasteiger partial charge on any atom is 0.165 e. The average molecular weight is 278 g/mol. The van der Waals surface area contributed by atoms with Crippen LogP contribution < -0.4 is 0 Å². The first kappa shape index (κ1) is 11.6. The number of imidazole rings is 1. The molecule has 0 aliphatic rings. The molecule has 2 aromatic rings. The Kier molecular flexibility index (Phi) is 3.28. The maximum absolute atomic E-state index is 9.50. The first-order valence-electron chi connectivity index (χ1n) is 4.41. The van der Waals surface area contributed by atoms with E-state index in [1.807, 2.05) is 24.3 Å². The molecule has 0 spiro atoms. The van der Waals surface area contributed by atoms with Gasteiger partial charge in [0, 0.05) is 0 Å². The van der Waals surface area contributed by atoms with Crippen molar-refractivity contribution in [2.24, 2.45) is 0 Å². The van der Waals surface area contributed by atoms with E-state index < -0.39 is 4.84 Å². The number of hydrogen-bond donors (Lipinski definition) is 2. The summed E-state index contributed by atoms with van der Waals surface area (Å²) in [5, 5.41) is 9.52. The zero-order valence-corrected chi connectivity index (χ0v) is 10.2. The average Bonchev–Trinajstić information content (AvgIpc) is 2.70. The smallest absolute Gasteiger partial charge is 0.165 e. The number of fused-ring (bicyclic) bond motifs is 1. The van der Waals surface area contributed by atoms with E-state index in [2.05, 4.69) is 9.97 Å². The van der Waals surface area contributed by atoms with Crippen LogP contribution in [0.1, 0.15) is 5.82 Å². The topological polar surface area (TPSA) is 48.9 Å². The summed E-state index contributed by atoms with van der Waals surface area (Å²) in [6, 6.07) is 7.41. The van der Waals surface area contributed by atoms with Crippen molar-refractivity contribution in [3.8, 4) is 0 Å². The number of alkyl halides is 2. The molecule has 84 valence electrons. The minimum Gasteiger partial charge on any atom is -0.508 e. The quantitative estimate of drug-likeness (QED) is 0.647. The van der Waals surface area contributed by atoms with Crippen molar-refractivity contribution in [3.05, 3.63) is 35.8 Å². The minimum atomic E-state index is -1.07. The number of aliphatic hydroxyl groups is 1. The van der Waals surface area contributed by atoms with E-state index >= 15 is 0 Å². The van der Waals surface area contributed by atoms with Gasteiger partial charge in [0.2, 0.25) is 0 Å². The standard InChI is InChI=1S/C10H7Cl3N2O/c11-7(8(16)9(12)13)10-14-5-3-1-2-4-6(5)15-10/h1-4,9,16H,(H,14,15). The Morgan fingerprint density at radius 1 is 1.31 bits per heavy atom. The monoisotopic (exact) mass is 276 g/mol. The summed E-state index contributed by atoms with van der Waals surface area (Å²) in [5.41, 5.74) is 1.58. The summed E-state index contributed by atoms with van der Waals surface area (Å²) >= 11 is 16.9. The Hall–Kier alpha value is -0.900. The molecule has 1 heterocycles. The predicted molar refractivity (Wildman–Crippen MR) is 67.0 cm³/mol. The van der Waals surface area contributed by atoms with Gasteiger partial charge in [-0.1, -0.05) is 46.9 Å². The number of nitrogens with zero attached hydrogens (tertiary/aromatic N) is 1. The molecule has 6 heteroatoms. The molecule has 0 unspecified atom stereocenters. The van der Waals surface area contributed by atoms with Gasteiger partial charge in [0.15, 0.2) is 10.7 Å². The van der Waals surface area contributed by atoms with Gasteiger partial charge in [-0.25, -0.2) is 4.98 Å². The van der Waals surface area contributed by atoms with Crippen LogP contribution in [0.2, 0.25) is 0 Å². The second-order valence-corrected chi connectivity index (χ2v) is 4.58. The first-order valence-corrected chi connectivity index (χ1v) is 5.66. The number of hydrogen-bond acceptors (Lipinski definition) is 2. The van der Waals surface area contributed by atoms with Crippen molar-refractivity contribution in [1.82, 2.24) is 9.97 Å². The highest BCUT2D eigenvalue weighted by Gasteiger charge is 2.15. The van der Waals surface area contributed by atoms with Gasteiger partial charge < -0.3 is 10.1 Å². The summed E-state index contributed by atoms with van der Waals surface area (Å²) in [4.78, 5) is 6.08. The molecule has 0 radical (unpaired) electrons. The number of aromatic amines is 1. The lowest BCUT2D eigenvalue weighted by Crippen LogP contribution is -1.96. The van der Waals surface area contributed by atoms with E-state index in [1.54, 1.807) is 0 Å². The second-order valence-electron chi connectivity index (χ2n) is 3.10. The van der Waals surface area contributed by atoms with Crippen molar-refractivity contribution in [1.29, 1.82) is 0 Å². The van der Waals surface area contributed by atoms with Crippen LogP contribution in [0.4, 0.5) is 0 Å². The third-order valence-corrected chi connectivity index (χ3v) is 2.81. The predicted octanol–water partition coefficient (Wildman–Crippen LogP) is 3.83. The first-order chi connectivity index (χ1) is 7.59. The number of para-hydroxylation sites is 2. The molecule has 0 aliphatic carbocycles. The minimum absolute atomic E-state index is 0.0196. The van der Waals surface area contributed by atoms with Crippen LogP contribution in [-0.4, -0.2) is 19.9 Å². The fraction of sp³-hybridized carbons (Fsp3) is 0.100. The number of halogens is 3. The zero-order valence-electron chi connectivity index (χ0n) is 7.92. The van der Waals surface area contributed by atoms with Gasteiger partial charge >= 0.3 is 0 Å². The molecule has 0 amide bonds. The van der Waals surface area contributed by atoms with Gasteiger partial charge in [-0.2, -0.15) is 0 Å². The second kappa shape index (κ2) is 4.53. The number of aromatic nitrogens is 2. The molecule has 0 bridgehead atoms. The summed E-state index contributed by atoms with van der Waals surface area (Å²) in [7, 11) is 0. The molecule has 1 aromatic heterocycles. The lowest BCUT2D eigenvalue weighted by molar-refractivity contribution is 0.413. The molecule has 1 aromatic carbocycles. The van der Waals surface area contributed by atoms with Crippen molar-refractivity contribution in [2.45, 2.75) is 4.84 Å². The Bertz CT molecular complexity index is 515. The highest BCUT2D eigenvalue weighted by molar-refractivity contribution is 6.52. The van der Waals surface area contributed by atoms with Gasteiger partial charge in [0.25, 0.3) is 0 Å². The lowest BCUT2D eigenvalue weighted by Gasteiger charge is -2.01. The highest BCUT2D eigenvalue weighted by atomic mass is 35.5. The van der Waals surface area contributed by atoms with Gasteiger partial charge in [0.05, 0.1) is 11.0 Å². The van der Waals surface area contributed by atoms with Gasteiger partial charge in [-0.15, -0.1) is 0 Å². The van der Waals surface area contributed by atoms with E-state index in [0.29, 0.717) is 5.82 Å². The van der Waals surface area contributed by atoms with Crippen LogP contribution in [0.5, 0.6) is 0 Å². The summed E-state index contributed by atoms with van der Waals surface area (Å²) in [6.45, 7) is 0. The van der Waals surface area contributed by atoms with Crippen LogP contribution in [0.15, 0.2) is 30.0 Å². The van der Waals surface area contributed by atoms with Crippen LogP contribution in [-0.2, 0) is 0 Å². The molecular weight excluding hydrogens is 270 g/mol. The van der Waals surface area contributed by atoms with E-state index in [-0.39, 0.29) is 10.8 Å². The highest BCUT2D eigenvalue weighted by Crippen LogP contribution is 2.26. The van der Waals surface area contributed by atoms with Crippen LogP contribution >= 0.6 is 34.8 Å². The van der Waals surface area contributed by atoms with Crippen molar-refractivity contribution in [3.63, 3.8) is 0 Å². The van der Waals surface area contributed by atoms with Crippen molar-refractivity contribution < 1.29 is 5.11 Å². The van der Waals surface area contributed by atoms with E-state index in [1.165, 1.54) is 0 Å². The Labute approximate surface area is 107 Å². The summed E-state index contributed by atoms with van der Waals surface area (Å²) in [6.07, 6.45) is 0. The molecular formula is C10H7Cl3N2O. The molecule has 0 saturated carbocycles. The molecule has 0 saturated heterocycles. The molecule has 0 atom stereocenters. The van der Waals surface area contributed by atoms with Gasteiger partial charge in [-0.05, 0) is 12.1 Å². The Balaban J connectivity index is 2.52. The summed E-state index contributed by atoms with van der Waals surface area (Å²) < 4.78 is 0. The third kappa shape index (κ3) is 2.12. The Morgan fingerprint density at radius 2 is 2.00 bits per heavy atom. The van der Waals surface area contributed by atoms with E-state index in [0.717, 1.165) is 11.0 Å². The normalized spacial score (nSPS) is 13.2. The number of H-pyrrole nitrogens is 1. The number of allylic oxidation sites excluding steroid dienone is 1. The molecule has 0 aliphatic heterocycles. The largest absolute Gasteiger partial charge is 0.508 e. The lowest BCUT2D eigenvalue weighted by atomic mass is 10.3. The van der Waals surface area contributed by atoms with Crippen LogP contribution in [0.3, 0.4) is 0 Å².